The molecule has 1 rings (SSSR count). The van der Waals surface area contributed by atoms with E-state index in [1.165, 1.54) is 19.3 Å². The maximum atomic E-state index is 11.5. The smallest absolute Gasteiger partial charge is 0.407 e. The molecule has 0 radical (unpaired) electrons. The van der Waals surface area contributed by atoms with E-state index in [9.17, 15) is 4.79 Å². The lowest BCUT2D eigenvalue weighted by atomic mass is 10.2. The number of aryl methyl sites for hydroxylation is 1. The van der Waals surface area contributed by atoms with Crippen molar-refractivity contribution < 1.29 is 9.53 Å². The first-order chi connectivity index (χ1) is 9.42. The van der Waals surface area contributed by atoms with Crippen LogP contribution in [0.25, 0.3) is 0 Å². The third-order valence-corrected chi connectivity index (χ3v) is 2.85. The van der Waals surface area contributed by atoms with Gasteiger partial charge in [0.15, 0.2) is 0 Å². The first-order valence-corrected chi connectivity index (χ1v) is 7.38. The Labute approximate surface area is 121 Å². The summed E-state index contributed by atoms with van der Waals surface area (Å²) in [6.45, 7) is 9.32. The molecule has 0 aliphatic carbocycles. The summed E-state index contributed by atoms with van der Waals surface area (Å²) in [5.74, 6) is 0. The van der Waals surface area contributed by atoms with Gasteiger partial charge in [0.2, 0.25) is 0 Å². The predicted octanol–water partition coefficient (Wildman–Crippen LogP) is 3.14. The summed E-state index contributed by atoms with van der Waals surface area (Å²) in [5, 5.41) is 2.77. The number of aromatic nitrogens is 2. The summed E-state index contributed by atoms with van der Waals surface area (Å²) in [5.41, 5.74) is 0.698. The van der Waals surface area contributed by atoms with Crippen molar-refractivity contribution in [3.8, 4) is 0 Å². The molecule has 0 saturated heterocycles. The Hall–Kier alpha value is -1.52. The molecule has 1 N–H and O–H groups in total. The number of hydrogen-bond acceptors (Lipinski definition) is 3. The number of unbranched alkanes of at least 4 members (excludes halogenated alkanes) is 2. The Bertz CT molecular complexity index is 407. The Morgan fingerprint density at radius 2 is 2.15 bits per heavy atom. The summed E-state index contributed by atoms with van der Waals surface area (Å²) < 4.78 is 7.35. The number of amides is 1. The summed E-state index contributed by atoms with van der Waals surface area (Å²) >= 11 is 0. The van der Waals surface area contributed by atoms with E-state index in [4.69, 9.17) is 4.74 Å². The van der Waals surface area contributed by atoms with Crippen LogP contribution in [0.15, 0.2) is 12.5 Å². The first-order valence-electron chi connectivity index (χ1n) is 7.38. The molecule has 1 aromatic heterocycles. The average Bonchev–Trinajstić information content (AvgIpc) is 2.75. The second-order valence-corrected chi connectivity index (χ2v) is 5.96. The molecule has 1 amide bonds. The van der Waals surface area contributed by atoms with Crippen LogP contribution in [0.2, 0.25) is 0 Å². The van der Waals surface area contributed by atoms with Gasteiger partial charge in [0.25, 0.3) is 0 Å². The first kappa shape index (κ1) is 16.5. The summed E-state index contributed by atoms with van der Waals surface area (Å²) in [7, 11) is 0. The van der Waals surface area contributed by atoms with Crippen molar-refractivity contribution in [2.75, 3.05) is 6.54 Å². The quantitative estimate of drug-likeness (QED) is 0.781. The molecule has 0 aliphatic heterocycles. The van der Waals surface area contributed by atoms with Crippen LogP contribution < -0.4 is 5.32 Å². The molecule has 5 nitrogen and oxygen atoms in total. The molecule has 5 heteroatoms. The Morgan fingerprint density at radius 3 is 2.80 bits per heavy atom. The van der Waals surface area contributed by atoms with Gasteiger partial charge >= 0.3 is 6.09 Å². The Morgan fingerprint density at radius 1 is 1.40 bits per heavy atom. The molecule has 0 aromatic carbocycles. The van der Waals surface area contributed by atoms with Crippen LogP contribution in [0.3, 0.4) is 0 Å². The molecule has 114 valence electrons. The fraction of sp³-hybridized carbons (Fsp3) is 0.733. The minimum atomic E-state index is -0.452. The predicted molar refractivity (Wildman–Crippen MR) is 79.7 cm³/mol. The number of rotatable bonds is 7. The van der Waals surface area contributed by atoms with Crippen molar-refractivity contribution in [3.63, 3.8) is 0 Å². The second-order valence-electron chi connectivity index (χ2n) is 5.96. The highest BCUT2D eigenvalue weighted by atomic mass is 16.6. The lowest BCUT2D eigenvalue weighted by Crippen LogP contribution is -2.33. The van der Waals surface area contributed by atoms with E-state index in [2.05, 4.69) is 21.8 Å². The van der Waals surface area contributed by atoms with Gasteiger partial charge < -0.3 is 14.6 Å². The standard InChI is InChI=1S/C15H27N3O2/c1-5-6-7-10-18-12-16-11-13(18)8-9-17-14(19)20-15(2,3)4/h11-12H,5-10H2,1-4H3,(H,17,19). The highest BCUT2D eigenvalue weighted by Crippen LogP contribution is 2.07. The van der Waals surface area contributed by atoms with Crippen LogP contribution in [0.5, 0.6) is 0 Å². The monoisotopic (exact) mass is 281 g/mol. The van der Waals surface area contributed by atoms with E-state index in [-0.39, 0.29) is 6.09 Å². The molecule has 1 heterocycles. The van der Waals surface area contributed by atoms with E-state index < -0.39 is 5.60 Å². The maximum Gasteiger partial charge on any atom is 0.407 e. The zero-order valence-electron chi connectivity index (χ0n) is 13.1. The molecule has 0 atom stereocenters. The van der Waals surface area contributed by atoms with E-state index >= 15 is 0 Å². The molecule has 0 unspecified atom stereocenters. The topological polar surface area (TPSA) is 56.2 Å². The number of carbonyl (C=O) groups is 1. The normalized spacial score (nSPS) is 11.4. The molecule has 0 spiro atoms. The highest BCUT2D eigenvalue weighted by Gasteiger charge is 2.15. The average molecular weight is 281 g/mol. The van der Waals surface area contributed by atoms with Crippen LogP contribution in [0, 0.1) is 0 Å². The van der Waals surface area contributed by atoms with Gasteiger partial charge in [0.05, 0.1) is 6.33 Å². The Kier molecular flexibility index (Phi) is 6.55. The molecular formula is C15H27N3O2. The zero-order chi connectivity index (χ0) is 15.0. The summed E-state index contributed by atoms with van der Waals surface area (Å²) in [4.78, 5) is 15.7. The van der Waals surface area contributed by atoms with Crippen LogP contribution in [-0.2, 0) is 17.7 Å². The number of imidazole rings is 1. The molecule has 1 aromatic rings. The van der Waals surface area contributed by atoms with Crippen LogP contribution in [0.4, 0.5) is 4.79 Å². The van der Waals surface area contributed by atoms with Crippen LogP contribution in [-0.4, -0.2) is 27.8 Å². The molecule has 0 fully saturated rings. The van der Waals surface area contributed by atoms with Gasteiger partial charge in [-0.1, -0.05) is 19.8 Å². The number of nitrogens with zero attached hydrogens (tertiary/aromatic N) is 2. The van der Waals surface area contributed by atoms with Crippen molar-refractivity contribution in [1.29, 1.82) is 0 Å². The van der Waals surface area contributed by atoms with Crippen LogP contribution in [0.1, 0.15) is 52.7 Å². The fourth-order valence-corrected chi connectivity index (χ4v) is 1.90. The van der Waals surface area contributed by atoms with Gasteiger partial charge in [-0.25, -0.2) is 9.78 Å². The van der Waals surface area contributed by atoms with Crippen molar-refractivity contribution in [2.45, 2.75) is 65.5 Å². The van der Waals surface area contributed by atoms with E-state index in [1.807, 2.05) is 33.3 Å². The molecule has 0 aliphatic rings. The largest absolute Gasteiger partial charge is 0.444 e. The zero-order valence-corrected chi connectivity index (χ0v) is 13.1. The van der Waals surface area contributed by atoms with Crippen molar-refractivity contribution in [3.05, 3.63) is 18.2 Å². The Balaban J connectivity index is 2.31. The van der Waals surface area contributed by atoms with Gasteiger partial charge in [0.1, 0.15) is 5.60 Å². The second kappa shape index (κ2) is 7.92. The van der Waals surface area contributed by atoms with Crippen LogP contribution >= 0.6 is 0 Å². The van der Waals surface area contributed by atoms with Crippen molar-refractivity contribution >= 4 is 6.09 Å². The van der Waals surface area contributed by atoms with E-state index in [0.717, 1.165) is 18.7 Å². The summed E-state index contributed by atoms with van der Waals surface area (Å²) in [6, 6.07) is 0. The third kappa shape index (κ3) is 6.59. The van der Waals surface area contributed by atoms with Gasteiger partial charge in [0, 0.05) is 31.4 Å². The maximum absolute atomic E-state index is 11.5. The van der Waals surface area contributed by atoms with E-state index in [0.29, 0.717) is 6.54 Å². The minimum Gasteiger partial charge on any atom is -0.444 e. The molecule has 0 bridgehead atoms. The number of ether oxygens (including phenoxy) is 1. The lowest BCUT2D eigenvalue weighted by Gasteiger charge is -2.19. The highest BCUT2D eigenvalue weighted by molar-refractivity contribution is 5.67. The SMILES string of the molecule is CCCCCn1cncc1CCNC(=O)OC(C)(C)C. The molecule has 20 heavy (non-hydrogen) atoms. The lowest BCUT2D eigenvalue weighted by molar-refractivity contribution is 0.0528. The minimum absolute atomic E-state index is 0.366. The van der Waals surface area contributed by atoms with Crippen molar-refractivity contribution in [1.82, 2.24) is 14.9 Å². The van der Waals surface area contributed by atoms with E-state index in [1.54, 1.807) is 0 Å². The van der Waals surface area contributed by atoms with Crippen molar-refractivity contribution in [2.24, 2.45) is 0 Å². The molecular weight excluding hydrogens is 254 g/mol. The number of alkyl carbamates (subject to hydrolysis) is 1. The van der Waals surface area contributed by atoms with Gasteiger partial charge in [-0.05, 0) is 27.2 Å². The number of carbonyl (C=O) groups excluding carboxylic acids is 1. The fourth-order valence-electron chi connectivity index (χ4n) is 1.90. The third-order valence-electron chi connectivity index (χ3n) is 2.85. The summed E-state index contributed by atoms with van der Waals surface area (Å²) in [6.07, 6.45) is 7.73. The van der Waals surface area contributed by atoms with Gasteiger partial charge in [-0.3, -0.25) is 0 Å². The van der Waals surface area contributed by atoms with Gasteiger partial charge in [-0.2, -0.15) is 0 Å². The molecule has 0 saturated carbocycles. The number of hydrogen-bond donors (Lipinski definition) is 1. The van der Waals surface area contributed by atoms with Gasteiger partial charge in [-0.15, -0.1) is 0 Å². The number of nitrogens with one attached hydrogen (secondary N) is 1.